The summed E-state index contributed by atoms with van der Waals surface area (Å²) >= 11 is 0. The Balaban J connectivity index is 1.31. The normalized spacial score (nSPS) is 18.2. The molecule has 1 aromatic carbocycles. The number of morpholine rings is 1. The molecule has 192 valence electrons. The lowest BCUT2D eigenvalue weighted by atomic mass is 9.97. The number of ether oxygens (including phenoxy) is 2. The van der Waals surface area contributed by atoms with E-state index in [4.69, 9.17) is 14.6 Å². The summed E-state index contributed by atoms with van der Waals surface area (Å²) in [6, 6.07) is 3.91. The van der Waals surface area contributed by atoms with Crippen molar-refractivity contribution in [3.05, 3.63) is 29.5 Å². The highest BCUT2D eigenvalue weighted by molar-refractivity contribution is 6.01. The van der Waals surface area contributed by atoms with Gasteiger partial charge in [-0.2, -0.15) is 5.10 Å². The van der Waals surface area contributed by atoms with E-state index in [0.29, 0.717) is 25.4 Å². The molecular weight excluding hydrogens is 444 g/mol. The summed E-state index contributed by atoms with van der Waals surface area (Å²) in [7, 11) is 0. The molecule has 2 aliphatic rings. The number of amides is 1. The quantitative estimate of drug-likeness (QED) is 0.546. The summed E-state index contributed by atoms with van der Waals surface area (Å²) in [5, 5.41) is 5.83. The topological polar surface area (TPSA) is 76.9 Å². The average molecular weight is 485 g/mol. The van der Waals surface area contributed by atoms with E-state index in [2.05, 4.69) is 11.1 Å². The van der Waals surface area contributed by atoms with Crippen molar-refractivity contribution in [2.24, 2.45) is 5.92 Å². The third-order valence-electron chi connectivity index (χ3n) is 7.00. The van der Waals surface area contributed by atoms with Crippen LogP contribution >= 0.6 is 0 Å². The Morgan fingerprint density at radius 2 is 1.83 bits per heavy atom. The van der Waals surface area contributed by atoms with Gasteiger partial charge in [0, 0.05) is 56.3 Å². The van der Waals surface area contributed by atoms with Gasteiger partial charge in [0.15, 0.2) is 5.78 Å². The summed E-state index contributed by atoms with van der Waals surface area (Å²) < 4.78 is 12.9. The third-order valence-corrected chi connectivity index (χ3v) is 7.00. The number of carbonyl (C=O) groups excluding carboxylic acids is 2. The van der Waals surface area contributed by atoms with Gasteiger partial charge >= 0.3 is 6.09 Å². The number of rotatable bonds is 7. The van der Waals surface area contributed by atoms with Crippen molar-refractivity contribution in [3.8, 4) is 0 Å². The molecule has 1 aromatic heterocycles. The Bertz CT molecular complexity index is 1030. The molecule has 0 spiro atoms. The number of likely N-dealkylation sites (tertiary alicyclic amines) is 1. The Morgan fingerprint density at radius 1 is 1.11 bits per heavy atom. The zero-order valence-electron chi connectivity index (χ0n) is 21.7. The van der Waals surface area contributed by atoms with Crippen LogP contribution < -0.4 is 0 Å². The number of Topliss-reactive ketones (excluding diaryl/α,β-unsaturated/α-hetero) is 1. The molecule has 8 heteroatoms. The molecule has 8 nitrogen and oxygen atoms in total. The number of aromatic nitrogens is 2. The number of piperidine rings is 1. The molecule has 0 bridgehead atoms. The molecule has 0 atom stereocenters. The van der Waals surface area contributed by atoms with Gasteiger partial charge in [0.2, 0.25) is 0 Å². The van der Waals surface area contributed by atoms with E-state index in [1.807, 2.05) is 49.4 Å². The van der Waals surface area contributed by atoms with Crippen molar-refractivity contribution >= 4 is 22.8 Å². The second kappa shape index (κ2) is 11.1. The number of ketones is 1. The molecule has 2 fully saturated rings. The van der Waals surface area contributed by atoms with Crippen molar-refractivity contribution in [3.63, 3.8) is 0 Å². The van der Waals surface area contributed by atoms with E-state index in [9.17, 15) is 9.59 Å². The molecule has 1 amide bonds. The Kier molecular flexibility index (Phi) is 8.12. The number of carbonyl (C=O) groups is 2. The SMILES string of the molecule is Cc1c(C(=O)CCCN2CCOCC2)ccc2nn(CC3CCN(C(=O)OC(C)(C)C)CC3)cc12. The standard InChI is InChI=1S/C27H40N4O4/c1-20-22(25(32)6-5-11-29-14-16-34-17-15-29)7-8-24-23(20)19-31(28-24)18-21-9-12-30(13-10-21)26(33)35-27(2,3)4/h7-8,19,21H,5-6,9-18H2,1-4H3. The van der Waals surface area contributed by atoms with Crippen molar-refractivity contribution in [1.82, 2.24) is 19.6 Å². The molecule has 0 saturated carbocycles. The minimum atomic E-state index is -0.468. The van der Waals surface area contributed by atoms with Gasteiger partial charge < -0.3 is 14.4 Å². The number of fused-ring (bicyclic) bond motifs is 1. The fraction of sp³-hybridized carbons (Fsp3) is 0.667. The highest BCUT2D eigenvalue weighted by atomic mass is 16.6. The lowest BCUT2D eigenvalue weighted by Gasteiger charge is -2.33. The van der Waals surface area contributed by atoms with Gasteiger partial charge in [-0.25, -0.2) is 4.79 Å². The summed E-state index contributed by atoms with van der Waals surface area (Å²) in [6.45, 7) is 14.4. The van der Waals surface area contributed by atoms with E-state index >= 15 is 0 Å². The molecule has 3 heterocycles. The molecule has 35 heavy (non-hydrogen) atoms. The van der Waals surface area contributed by atoms with Crippen LogP contribution in [-0.4, -0.2) is 83.0 Å². The predicted octanol–water partition coefficient (Wildman–Crippen LogP) is 4.29. The average Bonchev–Trinajstić information content (AvgIpc) is 3.23. The monoisotopic (exact) mass is 484 g/mol. The van der Waals surface area contributed by atoms with Gasteiger partial charge in [0.05, 0.1) is 18.7 Å². The minimum Gasteiger partial charge on any atom is -0.444 e. The highest BCUT2D eigenvalue weighted by Gasteiger charge is 2.27. The van der Waals surface area contributed by atoms with Crippen LogP contribution in [0.5, 0.6) is 0 Å². The second-order valence-corrected chi connectivity index (χ2v) is 10.9. The fourth-order valence-electron chi connectivity index (χ4n) is 4.99. The number of aryl methyl sites for hydroxylation is 1. The largest absolute Gasteiger partial charge is 0.444 e. The van der Waals surface area contributed by atoms with E-state index in [1.165, 1.54) is 0 Å². The number of nitrogens with zero attached hydrogens (tertiary/aromatic N) is 4. The molecular formula is C27H40N4O4. The van der Waals surface area contributed by atoms with Crippen LogP contribution in [0, 0.1) is 12.8 Å². The maximum Gasteiger partial charge on any atom is 0.410 e. The summed E-state index contributed by atoms with van der Waals surface area (Å²) in [5.41, 5.74) is 2.29. The van der Waals surface area contributed by atoms with Crippen molar-refractivity contribution < 1.29 is 19.1 Å². The van der Waals surface area contributed by atoms with Gasteiger partial charge in [-0.1, -0.05) is 0 Å². The van der Waals surface area contributed by atoms with Gasteiger partial charge in [0.25, 0.3) is 0 Å². The molecule has 0 unspecified atom stereocenters. The Labute approximate surface area is 208 Å². The van der Waals surface area contributed by atoms with Gasteiger partial charge in [-0.15, -0.1) is 0 Å². The molecule has 2 aromatic rings. The Hall–Kier alpha value is -2.45. The number of benzene rings is 1. The minimum absolute atomic E-state index is 0.208. The van der Waals surface area contributed by atoms with Gasteiger partial charge in [-0.05, 0) is 77.1 Å². The first-order valence-electron chi connectivity index (χ1n) is 13.0. The zero-order valence-corrected chi connectivity index (χ0v) is 21.7. The molecule has 2 aliphatic heterocycles. The van der Waals surface area contributed by atoms with Crippen LogP contribution in [-0.2, 0) is 16.0 Å². The van der Waals surface area contributed by atoms with Crippen LogP contribution in [0.4, 0.5) is 4.79 Å². The fourth-order valence-corrected chi connectivity index (χ4v) is 4.99. The molecule has 4 rings (SSSR count). The first kappa shape index (κ1) is 25.6. The van der Waals surface area contributed by atoms with Crippen LogP contribution in [0.3, 0.4) is 0 Å². The lowest BCUT2D eigenvalue weighted by molar-refractivity contribution is 0.0177. The number of hydrogen-bond donors (Lipinski definition) is 0. The molecule has 0 radical (unpaired) electrons. The lowest BCUT2D eigenvalue weighted by Crippen LogP contribution is -2.42. The molecule has 2 saturated heterocycles. The highest BCUT2D eigenvalue weighted by Crippen LogP contribution is 2.25. The summed E-state index contributed by atoms with van der Waals surface area (Å²) in [6.07, 6.45) is 5.16. The van der Waals surface area contributed by atoms with E-state index in [-0.39, 0.29) is 11.9 Å². The van der Waals surface area contributed by atoms with Gasteiger partial charge in [0.1, 0.15) is 5.60 Å². The maximum atomic E-state index is 12.9. The maximum absolute atomic E-state index is 12.9. The zero-order chi connectivity index (χ0) is 25.0. The van der Waals surface area contributed by atoms with Gasteiger partial charge in [-0.3, -0.25) is 14.4 Å². The van der Waals surface area contributed by atoms with E-state index in [0.717, 1.165) is 80.7 Å². The van der Waals surface area contributed by atoms with E-state index in [1.54, 1.807) is 0 Å². The first-order chi connectivity index (χ1) is 16.7. The summed E-state index contributed by atoms with van der Waals surface area (Å²) in [4.78, 5) is 29.4. The Morgan fingerprint density at radius 3 is 2.51 bits per heavy atom. The second-order valence-electron chi connectivity index (χ2n) is 10.9. The van der Waals surface area contributed by atoms with Crippen molar-refractivity contribution in [2.45, 2.75) is 65.5 Å². The first-order valence-corrected chi connectivity index (χ1v) is 13.0. The number of hydrogen-bond acceptors (Lipinski definition) is 6. The third kappa shape index (κ3) is 6.82. The van der Waals surface area contributed by atoms with Crippen LogP contribution in [0.1, 0.15) is 62.4 Å². The van der Waals surface area contributed by atoms with Crippen molar-refractivity contribution in [2.75, 3.05) is 45.9 Å². The van der Waals surface area contributed by atoms with Crippen molar-refractivity contribution in [1.29, 1.82) is 0 Å². The van der Waals surface area contributed by atoms with E-state index < -0.39 is 5.60 Å². The summed E-state index contributed by atoms with van der Waals surface area (Å²) in [5.74, 6) is 0.671. The smallest absolute Gasteiger partial charge is 0.410 e. The predicted molar refractivity (Wildman–Crippen MR) is 136 cm³/mol. The van der Waals surface area contributed by atoms with Crippen LogP contribution in [0.2, 0.25) is 0 Å². The van der Waals surface area contributed by atoms with Crippen LogP contribution in [0.25, 0.3) is 10.9 Å². The molecule has 0 aliphatic carbocycles. The molecule has 0 N–H and O–H groups in total. The van der Waals surface area contributed by atoms with Crippen LogP contribution in [0.15, 0.2) is 18.3 Å².